The van der Waals surface area contributed by atoms with Gasteiger partial charge in [0.2, 0.25) is 0 Å². The van der Waals surface area contributed by atoms with Crippen molar-refractivity contribution in [2.24, 2.45) is 5.41 Å². The van der Waals surface area contributed by atoms with Crippen LogP contribution in [0.4, 0.5) is 17.2 Å². The Kier molecular flexibility index (Phi) is 5.59. The number of imidazole rings is 1. The van der Waals surface area contributed by atoms with Gasteiger partial charge in [-0.05, 0) is 49.9 Å². The fraction of sp³-hybridized carbons (Fsp3) is 0.500. The summed E-state index contributed by atoms with van der Waals surface area (Å²) in [4.78, 5) is 17.9. The van der Waals surface area contributed by atoms with Gasteiger partial charge in [-0.3, -0.25) is 9.89 Å². The maximum Gasteiger partial charge on any atom is 0.261 e. The highest BCUT2D eigenvalue weighted by Crippen LogP contribution is 2.35. The van der Waals surface area contributed by atoms with Crippen molar-refractivity contribution in [3.8, 4) is 0 Å². The first-order chi connectivity index (χ1) is 14.2. The second kappa shape index (κ2) is 7.62. The standard InChI is InChI=1S/C24H36N6O/c1-22(2,3)14-24(7,8)29-20-18(23(4,5)6)28-19-17(13-26-30(19)20)21(31)27-16-11-9-15(25)10-12-16/h9-13,26,29H,14,25H2,1-8H3,(H,27,31). The fourth-order valence-electron chi connectivity index (χ4n) is 4.18. The number of hydrogen-bond donors (Lipinski definition) is 4. The quantitative estimate of drug-likeness (QED) is 0.411. The zero-order chi connectivity index (χ0) is 23.2. The molecule has 7 heteroatoms. The topological polar surface area (TPSA) is 100 Å². The summed E-state index contributed by atoms with van der Waals surface area (Å²) in [6.45, 7) is 17.5. The van der Waals surface area contributed by atoms with E-state index in [0.29, 0.717) is 22.6 Å². The Morgan fingerprint density at radius 2 is 1.68 bits per heavy atom. The largest absolute Gasteiger partial charge is 0.399 e. The van der Waals surface area contributed by atoms with Gasteiger partial charge in [0.15, 0.2) is 11.5 Å². The van der Waals surface area contributed by atoms with Gasteiger partial charge in [-0.15, -0.1) is 0 Å². The molecule has 0 saturated heterocycles. The molecule has 0 atom stereocenters. The Morgan fingerprint density at radius 3 is 2.23 bits per heavy atom. The van der Waals surface area contributed by atoms with Crippen molar-refractivity contribution in [2.75, 3.05) is 16.4 Å². The number of nitrogens with zero attached hydrogens (tertiary/aromatic N) is 2. The van der Waals surface area contributed by atoms with Gasteiger partial charge >= 0.3 is 0 Å². The van der Waals surface area contributed by atoms with E-state index in [1.165, 1.54) is 0 Å². The van der Waals surface area contributed by atoms with Crippen molar-refractivity contribution in [2.45, 2.75) is 72.8 Å². The average Bonchev–Trinajstić information content (AvgIpc) is 3.14. The second-order valence-electron chi connectivity index (χ2n) is 11.2. The van der Waals surface area contributed by atoms with Crippen molar-refractivity contribution >= 4 is 28.7 Å². The van der Waals surface area contributed by atoms with Crippen LogP contribution < -0.4 is 16.4 Å². The highest BCUT2D eigenvalue weighted by molar-refractivity contribution is 6.08. The molecule has 0 spiro atoms. The van der Waals surface area contributed by atoms with Crippen LogP contribution >= 0.6 is 0 Å². The minimum atomic E-state index is -0.220. The molecule has 1 aromatic carbocycles. The highest BCUT2D eigenvalue weighted by atomic mass is 16.1. The van der Waals surface area contributed by atoms with Crippen LogP contribution in [0.5, 0.6) is 0 Å². The van der Waals surface area contributed by atoms with E-state index in [2.05, 4.69) is 71.1 Å². The zero-order valence-electron chi connectivity index (χ0n) is 20.0. The van der Waals surface area contributed by atoms with Crippen molar-refractivity contribution in [1.29, 1.82) is 0 Å². The molecule has 7 nitrogen and oxygen atoms in total. The first-order valence-corrected chi connectivity index (χ1v) is 10.7. The minimum Gasteiger partial charge on any atom is -0.399 e. The summed E-state index contributed by atoms with van der Waals surface area (Å²) < 4.78 is 1.88. The molecule has 0 aliphatic carbocycles. The van der Waals surface area contributed by atoms with E-state index in [1.807, 2.05) is 4.52 Å². The number of aromatic nitrogens is 3. The first kappa shape index (κ1) is 22.7. The smallest absolute Gasteiger partial charge is 0.261 e. The van der Waals surface area contributed by atoms with Gasteiger partial charge in [0.1, 0.15) is 5.56 Å². The number of rotatable bonds is 5. The number of nitrogens with two attached hydrogens (primary N) is 1. The molecule has 5 N–H and O–H groups in total. The number of H-pyrrole nitrogens is 1. The summed E-state index contributed by atoms with van der Waals surface area (Å²) in [6.07, 6.45) is 2.67. The van der Waals surface area contributed by atoms with Crippen molar-refractivity contribution in [1.82, 2.24) is 14.6 Å². The van der Waals surface area contributed by atoms with Crippen molar-refractivity contribution < 1.29 is 4.79 Å². The molecule has 3 rings (SSSR count). The monoisotopic (exact) mass is 424 g/mol. The summed E-state index contributed by atoms with van der Waals surface area (Å²) in [5, 5.41) is 9.85. The fourth-order valence-corrected chi connectivity index (χ4v) is 4.18. The highest BCUT2D eigenvalue weighted by Gasteiger charge is 2.32. The van der Waals surface area contributed by atoms with Crippen LogP contribution in [-0.2, 0) is 5.41 Å². The third-order valence-electron chi connectivity index (χ3n) is 5.01. The number of nitrogen functional groups attached to an aromatic ring is 1. The summed E-state index contributed by atoms with van der Waals surface area (Å²) >= 11 is 0. The molecule has 3 aromatic rings. The van der Waals surface area contributed by atoms with E-state index in [4.69, 9.17) is 10.7 Å². The predicted molar refractivity (Wildman–Crippen MR) is 129 cm³/mol. The Bertz CT molecular complexity index is 1070. The summed E-state index contributed by atoms with van der Waals surface area (Å²) in [5.74, 6) is 0.672. The zero-order valence-corrected chi connectivity index (χ0v) is 20.0. The molecule has 168 valence electrons. The number of benzene rings is 1. The van der Waals surface area contributed by atoms with Gasteiger partial charge < -0.3 is 16.4 Å². The molecular weight excluding hydrogens is 388 g/mol. The average molecular weight is 425 g/mol. The van der Waals surface area contributed by atoms with Crippen LogP contribution in [0, 0.1) is 5.41 Å². The van der Waals surface area contributed by atoms with Crippen LogP contribution in [0.3, 0.4) is 0 Å². The lowest BCUT2D eigenvalue weighted by atomic mass is 9.81. The van der Waals surface area contributed by atoms with Gasteiger partial charge in [0.25, 0.3) is 5.91 Å². The number of carbonyl (C=O) groups excluding carboxylic acids is 1. The normalized spacial score (nSPS) is 12.9. The lowest BCUT2D eigenvalue weighted by Gasteiger charge is -2.34. The molecule has 2 heterocycles. The Labute approximate surface area is 184 Å². The Hall–Kier alpha value is -2.96. The number of nitrogens with one attached hydrogen (secondary N) is 3. The number of aromatic amines is 1. The lowest BCUT2D eigenvalue weighted by molar-refractivity contribution is 0.102. The van der Waals surface area contributed by atoms with Crippen LogP contribution in [0.2, 0.25) is 0 Å². The van der Waals surface area contributed by atoms with E-state index in [-0.39, 0.29) is 22.3 Å². The SMILES string of the molecule is CC(C)(C)CC(C)(C)Nc1c(C(C)(C)C)nc2c(C(=O)Nc3ccc(N)cc3)c[nH]n12. The number of amides is 1. The van der Waals surface area contributed by atoms with E-state index >= 15 is 0 Å². The summed E-state index contributed by atoms with van der Waals surface area (Å²) in [6, 6.07) is 7.08. The number of fused-ring (bicyclic) bond motifs is 1. The number of anilines is 3. The molecule has 0 radical (unpaired) electrons. The molecule has 1 amide bonds. The Morgan fingerprint density at radius 1 is 1.06 bits per heavy atom. The van der Waals surface area contributed by atoms with Crippen LogP contribution in [0.1, 0.15) is 77.9 Å². The van der Waals surface area contributed by atoms with E-state index < -0.39 is 0 Å². The molecular formula is C24H36N6O. The summed E-state index contributed by atoms with van der Waals surface area (Å²) in [5.41, 5.74) is 8.90. The maximum atomic E-state index is 13.0. The third-order valence-corrected chi connectivity index (χ3v) is 5.01. The van der Waals surface area contributed by atoms with Gasteiger partial charge in [0, 0.05) is 28.5 Å². The number of hydrogen-bond acceptors (Lipinski definition) is 4. The summed E-state index contributed by atoms with van der Waals surface area (Å²) in [7, 11) is 0. The van der Waals surface area contributed by atoms with Crippen LogP contribution in [-0.4, -0.2) is 26.0 Å². The van der Waals surface area contributed by atoms with Crippen LogP contribution in [0.15, 0.2) is 30.5 Å². The number of carbonyl (C=O) groups is 1. The third kappa shape index (κ3) is 5.21. The van der Waals surface area contributed by atoms with E-state index in [0.717, 1.165) is 17.9 Å². The molecule has 0 bridgehead atoms. The predicted octanol–water partition coefficient (Wildman–Crippen LogP) is 5.42. The van der Waals surface area contributed by atoms with E-state index in [9.17, 15) is 4.79 Å². The lowest BCUT2D eigenvalue weighted by Crippen LogP contribution is -2.36. The molecule has 0 saturated carbocycles. The van der Waals surface area contributed by atoms with Gasteiger partial charge in [-0.1, -0.05) is 41.5 Å². The second-order valence-corrected chi connectivity index (χ2v) is 11.2. The molecule has 31 heavy (non-hydrogen) atoms. The maximum absolute atomic E-state index is 13.0. The van der Waals surface area contributed by atoms with Crippen LogP contribution in [0.25, 0.3) is 5.65 Å². The Balaban J connectivity index is 2.00. The first-order valence-electron chi connectivity index (χ1n) is 10.7. The van der Waals surface area contributed by atoms with Gasteiger partial charge in [-0.2, -0.15) is 0 Å². The molecule has 0 unspecified atom stereocenters. The van der Waals surface area contributed by atoms with E-state index in [1.54, 1.807) is 30.5 Å². The minimum absolute atomic E-state index is 0.161. The van der Waals surface area contributed by atoms with Gasteiger partial charge in [-0.25, -0.2) is 9.50 Å². The molecule has 2 aromatic heterocycles. The molecule has 0 aliphatic rings. The van der Waals surface area contributed by atoms with Crippen molar-refractivity contribution in [3.63, 3.8) is 0 Å². The van der Waals surface area contributed by atoms with Crippen molar-refractivity contribution in [3.05, 3.63) is 41.7 Å². The molecule has 0 fully saturated rings. The van der Waals surface area contributed by atoms with Gasteiger partial charge in [0.05, 0.1) is 5.69 Å². The molecule has 0 aliphatic heterocycles.